The van der Waals surface area contributed by atoms with E-state index in [-0.39, 0.29) is 6.04 Å². The first kappa shape index (κ1) is 15.1. The fourth-order valence-electron chi connectivity index (χ4n) is 1.90. The van der Waals surface area contributed by atoms with Gasteiger partial charge < -0.3 is 15.1 Å². The SMILES string of the molecule is CCNC(=NCc1ncnn1C)NC(C)c1ccc(C)o1. The molecule has 0 bridgehead atoms. The maximum atomic E-state index is 5.62. The largest absolute Gasteiger partial charge is 0.464 e. The fraction of sp³-hybridized carbons (Fsp3) is 0.500. The smallest absolute Gasteiger partial charge is 0.192 e. The van der Waals surface area contributed by atoms with Gasteiger partial charge in [-0.2, -0.15) is 5.10 Å². The molecule has 2 aromatic rings. The Morgan fingerprint density at radius 1 is 1.48 bits per heavy atom. The molecule has 1 unspecified atom stereocenters. The monoisotopic (exact) mass is 290 g/mol. The van der Waals surface area contributed by atoms with Gasteiger partial charge in [-0.05, 0) is 32.9 Å². The van der Waals surface area contributed by atoms with Gasteiger partial charge in [-0.1, -0.05) is 0 Å². The number of rotatable bonds is 5. The van der Waals surface area contributed by atoms with E-state index in [1.807, 2.05) is 40.0 Å². The predicted molar refractivity (Wildman–Crippen MR) is 80.8 cm³/mol. The lowest BCUT2D eigenvalue weighted by Gasteiger charge is -2.16. The zero-order valence-corrected chi connectivity index (χ0v) is 12.9. The molecule has 0 saturated heterocycles. The van der Waals surface area contributed by atoms with Crippen LogP contribution in [0, 0.1) is 6.92 Å². The van der Waals surface area contributed by atoms with Gasteiger partial charge in [0.15, 0.2) is 5.96 Å². The molecule has 0 saturated carbocycles. The minimum atomic E-state index is 0.0380. The number of aryl methyl sites for hydroxylation is 2. The molecule has 0 aliphatic rings. The second-order valence-corrected chi connectivity index (χ2v) is 4.81. The lowest BCUT2D eigenvalue weighted by Crippen LogP contribution is -2.38. The van der Waals surface area contributed by atoms with Gasteiger partial charge in [0.1, 0.15) is 30.2 Å². The molecule has 0 fully saturated rings. The van der Waals surface area contributed by atoms with Crippen molar-refractivity contribution in [3.63, 3.8) is 0 Å². The summed E-state index contributed by atoms with van der Waals surface area (Å²) >= 11 is 0. The third-order valence-electron chi connectivity index (χ3n) is 3.07. The second kappa shape index (κ2) is 6.92. The van der Waals surface area contributed by atoms with Gasteiger partial charge in [0.25, 0.3) is 0 Å². The molecule has 21 heavy (non-hydrogen) atoms. The molecule has 2 rings (SSSR count). The minimum absolute atomic E-state index is 0.0380. The average molecular weight is 290 g/mol. The molecule has 114 valence electrons. The van der Waals surface area contributed by atoms with Crippen LogP contribution in [0.2, 0.25) is 0 Å². The van der Waals surface area contributed by atoms with Gasteiger partial charge in [-0.25, -0.2) is 9.98 Å². The Morgan fingerprint density at radius 3 is 2.86 bits per heavy atom. The van der Waals surface area contributed by atoms with Gasteiger partial charge >= 0.3 is 0 Å². The van der Waals surface area contributed by atoms with Gasteiger partial charge in [-0.15, -0.1) is 0 Å². The second-order valence-electron chi connectivity index (χ2n) is 4.81. The molecule has 0 spiro atoms. The highest BCUT2D eigenvalue weighted by Gasteiger charge is 2.11. The van der Waals surface area contributed by atoms with Crippen molar-refractivity contribution < 1.29 is 4.42 Å². The van der Waals surface area contributed by atoms with Crippen LogP contribution in [0.1, 0.15) is 37.2 Å². The van der Waals surface area contributed by atoms with Crippen molar-refractivity contribution in [3.8, 4) is 0 Å². The molecular formula is C14H22N6O. The number of aliphatic imine (C=N–C) groups is 1. The van der Waals surface area contributed by atoms with Crippen LogP contribution in [0.15, 0.2) is 27.9 Å². The van der Waals surface area contributed by atoms with Crippen molar-refractivity contribution in [2.45, 2.75) is 33.4 Å². The Balaban J connectivity index is 2.02. The quantitative estimate of drug-likeness (QED) is 0.645. The van der Waals surface area contributed by atoms with Gasteiger partial charge in [0.05, 0.1) is 6.04 Å². The number of hydrogen-bond acceptors (Lipinski definition) is 4. The standard InChI is InChI=1S/C14H22N6O/c1-5-15-14(16-8-13-17-9-18-20(13)4)19-11(3)12-7-6-10(2)21-12/h6-7,9,11H,5,8H2,1-4H3,(H2,15,16,19). The molecule has 7 nitrogen and oxygen atoms in total. The zero-order chi connectivity index (χ0) is 15.2. The number of furan rings is 1. The highest BCUT2D eigenvalue weighted by molar-refractivity contribution is 5.80. The third-order valence-corrected chi connectivity index (χ3v) is 3.07. The van der Waals surface area contributed by atoms with Crippen molar-refractivity contribution in [2.24, 2.45) is 12.0 Å². The lowest BCUT2D eigenvalue weighted by atomic mass is 10.2. The van der Waals surface area contributed by atoms with E-state index >= 15 is 0 Å². The van der Waals surface area contributed by atoms with E-state index in [1.54, 1.807) is 4.68 Å². The Morgan fingerprint density at radius 2 is 2.29 bits per heavy atom. The summed E-state index contributed by atoms with van der Waals surface area (Å²) in [6.07, 6.45) is 1.53. The maximum Gasteiger partial charge on any atom is 0.192 e. The molecule has 0 radical (unpaired) electrons. The van der Waals surface area contributed by atoms with Crippen LogP contribution in [0.3, 0.4) is 0 Å². The molecule has 0 amide bonds. The van der Waals surface area contributed by atoms with E-state index in [4.69, 9.17) is 4.42 Å². The minimum Gasteiger partial charge on any atom is -0.464 e. The summed E-state index contributed by atoms with van der Waals surface area (Å²) in [6, 6.07) is 3.96. The van der Waals surface area contributed by atoms with Crippen LogP contribution in [-0.2, 0) is 13.6 Å². The molecule has 0 aliphatic heterocycles. The van der Waals surface area contributed by atoms with Crippen LogP contribution >= 0.6 is 0 Å². The number of nitrogens with zero attached hydrogens (tertiary/aromatic N) is 4. The van der Waals surface area contributed by atoms with Crippen molar-refractivity contribution >= 4 is 5.96 Å². The summed E-state index contributed by atoms with van der Waals surface area (Å²) in [6.45, 7) is 7.25. The first-order valence-electron chi connectivity index (χ1n) is 7.04. The first-order chi connectivity index (χ1) is 10.1. The maximum absolute atomic E-state index is 5.62. The molecule has 2 aromatic heterocycles. The third kappa shape index (κ3) is 4.08. The lowest BCUT2D eigenvalue weighted by molar-refractivity contribution is 0.441. The number of hydrogen-bond donors (Lipinski definition) is 2. The topological polar surface area (TPSA) is 80.3 Å². The Hall–Kier alpha value is -2.31. The van der Waals surface area contributed by atoms with E-state index in [0.29, 0.717) is 6.54 Å². The van der Waals surface area contributed by atoms with Crippen LogP contribution in [-0.4, -0.2) is 27.3 Å². The zero-order valence-electron chi connectivity index (χ0n) is 12.9. The summed E-state index contributed by atoms with van der Waals surface area (Å²) in [4.78, 5) is 8.68. The normalized spacial score (nSPS) is 13.2. The summed E-state index contributed by atoms with van der Waals surface area (Å²) in [5.41, 5.74) is 0. The summed E-state index contributed by atoms with van der Waals surface area (Å²) in [5.74, 6) is 3.33. The first-order valence-corrected chi connectivity index (χ1v) is 7.04. The molecule has 2 heterocycles. The summed E-state index contributed by atoms with van der Waals surface area (Å²) in [5, 5.41) is 10.6. The summed E-state index contributed by atoms with van der Waals surface area (Å²) in [7, 11) is 1.85. The number of aromatic nitrogens is 3. The van der Waals surface area contributed by atoms with Gasteiger partial charge in [-0.3, -0.25) is 4.68 Å². The van der Waals surface area contributed by atoms with E-state index in [2.05, 4.69) is 25.7 Å². The Bertz CT molecular complexity index is 600. The number of nitrogens with one attached hydrogen (secondary N) is 2. The van der Waals surface area contributed by atoms with Crippen LogP contribution < -0.4 is 10.6 Å². The van der Waals surface area contributed by atoms with E-state index in [9.17, 15) is 0 Å². The van der Waals surface area contributed by atoms with Gasteiger partial charge in [0, 0.05) is 13.6 Å². The number of guanidine groups is 1. The van der Waals surface area contributed by atoms with Gasteiger partial charge in [0.2, 0.25) is 0 Å². The molecule has 0 aromatic carbocycles. The van der Waals surface area contributed by atoms with Crippen molar-refractivity contribution in [2.75, 3.05) is 6.54 Å². The van der Waals surface area contributed by atoms with E-state index in [1.165, 1.54) is 6.33 Å². The molecule has 7 heteroatoms. The van der Waals surface area contributed by atoms with Crippen LogP contribution in [0.4, 0.5) is 0 Å². The van der Waals surface area contributed by atoms with Crippen LogP contribution in [0.5, 0.6) is 0 Å². The molecule has 0 aliphatic carbocycles. The Kier molecular flexibility index (Phi) is 4.97. The highest BCUT2D eigenvalue weighted by atomic mass is 16.3. The Labute approximate surface area is 124 Å². The molecule has 2 N–H and O–H groups in total. The fourth-order valence-corrected chi connectivity index (χ4v) is 1.90. The van der Waals surface area contributed by atoms with Crippen molar-refractivity contribution in [3.05, 3.63) is 35.8 Å². The highest BCUT2D eigenvalue weighted by Crippen LogP contribution is 2.15. The summed E-state index contributed by atoms with van der Waals surface area (Å²) < 4.78 is 7.34. The average Bonchev–Trinajstić information content (AvgIpc) is 3.05. The van der Waals surface area contributed by atoms with E-state index < -0.39 is 0 Å². The van der Waals surface area contributed by atoms with Crippen LogP contribution in [0.25, 0.3) is 0 Å². The molecular weight excluding hydrogens is 268 g/mol. The predicted octanol–water partition coefficient (Wildman–Crippen LogP) is 1.53. The molecule has 1 atom stereocenters. The van der Waals surface area contributed by atoms with Crippen molar-refractivity contribution in [1.82, 2.24) is 25.4 Å². The van der Waals surface area contributed by atoms with E-state index in [0.717, 1.165) is 29.8 Å². The van der Waals surface area contributed by atoms with Crippen molar-refractivity contribution in [1.29, 1.82) is 0 Å².